The van der Waals surface area contributed by atoms with Crippen LogP contribution in [0.5, 0.6) is 0 Å². The van der Waals surface area contributed by atoms with Gasteiger partial charge in [-0.2, -0.15) is 13.2 Å². The number of carbonyl (C=O) groups excluding carboxylic acids is 1. The summed E-state index contributed by atoms with van der Waals surface area (Å²) in [4.78, 5) is 12.4. The highest BCUT2D eigenvalue weighted by Crippen LogP contribution is 2.29. The topological polar surface area (TPSA) is 78.8 Å². The van der Waals surface area contributed by atoms with Gasteiger partial charge in [0.05, 0.1) is 31.4 Å². The van der Waals surface area contributed by atoms with Crippen molar-refractivity contribution in [2.24, 2.45) is 5.92 Å². The van der Waals surface area contributed by atoms with Crippen molar-refractivity contribution in [1.82, 2.24) is 5.32 Å². The zero-order valence-corrected chi connectivity index (χ0v) is 16.3. The summed E-state index contributed by atoms with van der Waals surface area (Å²) in [5.41, 5.74) is 0.186. The molecule has 0 saturated heterocycles. The molecule has 8 heteroatoms. The van der Waals surface area contributed by atoms with E-state index in [1.165, 1.54) is 19.2 Å². The molecule has 0 aliphatic carbocycles. The number of hydrogen-bond acceptors (Lipinski definition) is 4. The summed E-state index contributed by atoms with van der Waals surface area (Å²) in [6, 6.07) is 3.98. The molecule has 1 unspecified atom stereocenters. The third-order valence-electron chi connectivity index (χ3n) is 3.87. The molecule has 0 spiro atoms. The van der Waals surface area contributed by atoms with Gasteiger partial charge < -0.3 is 20.3 Å². The Morgan fingerprint density at radius 2 is 1.83 bits per heavy atom. The van der Waals surface area contributed by atoms with Gasteiger partial charge in [-0.25, -0.2) is 0 Å². The van der Waals surface area contributed by atoms with Gasteiger partial charge in [0.1, 0.15) is 0 Å². The first-order valence-corrected chi connectivity index (χ1v) is 8.96. The maximum Gasteiger partial charge on any atom is 0.416 e. The number of alkyl halides is 3. The standard InChI is InChI=1S/C21H26F3NO4/c1-15(5-6-16-7-9-18(10-8-16)21(22,23)24)12-17(4-3-11-29-2)20(28)25-19(13-26)14-27/h3-10,12,15,19,26-27H,11,13-14H2,1-2H3,(H,25,28)/b4-3-,6-5+,17-12+. The average molecular weight is 413 g/mol. The lowest BCUT2D eigenvalue weighted by molar-refractivity contribution is -0.137. The molecule has 29 heavy (non-hydrogen) atoms. The van der Waals surface area contributed by atoms with Crippen LogP contribution in [0.25, 0.3) is 6.08 Å². The maximum atomic E-state index is 12.6. The summed E-state index contributed by atoms with van der Waals surface area (Å²) in [6.45, 7) is 1.30. The molecule has 1 aromatic carbocycles. The number of carbonyl (C=O) groups is 1. The molecule has 1 aromatic rings. The predicted molar refractivity (Wildman–Crippen MR) is 105 cm³/mol. The molecule has 0 aliphatic rings. The zero-order chi connectivity index (χ0) is 21.9. The molecule has 0 bridgehead atoms. The molecular formula is C21H26F3NO4. The van der Waals surface area contributed by atoms with Crippen LogP contribution in [0.1, 0.15) is 18.1 Å². The third-order valence-corrected chi connectivity index (χ3v) is 3.87. The predicted octanol–water partition coefficient (Wildman–Crippen LogP) is 2.95. The van der Waals surface area contributed by atoms with E-state index >= 15 is 0 Å². The van der Waals surface area contributed by atoms with Gasteiger partial charge in [-0.3, -0.25) is 4.79 Å². The second-order valence-electron chi connectivity index (χ2n) is 6.35. The van der Waals surface area contributed by atoms with Crippen LogP contribution in [0.3, 0.4) is 0 Å². The fourth-order valence-corrected chi connectivity index (χ4v) is 2.28. The minimum absolute atomic E-state index is 0.216. The molecular weight excluding hydrogens is 387 g/mol. The summed E-state index contributed by atoms with van der Waals surface area (Å²) in [5.74, 6) is -0.688. The molecule has 0 heterocycles. The number of ether oxygens (including phenoxy) is 1. The smallest absolute Gasteiger partial charge is 0.394 e. The maximum absolute atomic E-state index is 12.6. The molecule has 5 nitrogen and oxygen atoms in total. The fraction of sp³-hybridized carbons (Fsp3) is 0.381. The van der Waals surface area contributed by atoms with Crippen LogP contribution in [0.4, 0.5) is 13.2 Å². The van der Waals surface area contributed by atoms with E-state index in [0.29, 0.717) is 17.7 Å². The Hall–Kier alpha value is -2.42. The summed E-state index contributed by atoms with van der Waals surface area (Å²) in [5, 5.41) is 20.8. The molecule has 3 N–H and O–H groups in total. The first-order valence-electron chi connectivity index (χ1n) is 8.96. The Morgan fingerprint density at radius 1 is 1.21 bits per heavy atom. The van der Waals surface area contributed by atoms with Gasteiger partial charge in [0.25, 0.3) is 5.91 Å². The molecule has 1 amide bonds. The molecule has 0 aromatic heterocycles. The normalized spacial score (nSPS) is 14.1. The van der Waals surface area contributed by atoms with E-state index in [9.17, 15) is 18.0 Å². The Morgan fingerprint density at radius 3 is 2.34 bits per heavy atom. The quantitative estimate of drug-likeness (QED) is 0.407. The van der Waals surface area contributed by atoms with Crippen LogP contribution in [0.15, 0.2) is 54.1 Å². The Labute approximate surface area is 168 Å². The number of aliphatic hydroxyl groups is 2. The van der Waals surface area contributed by atoms with Crippen LogP contribution in [-0.4, -0.2) is 49.1 Å². The van der Waals surface area contributed by atoms with Crippen molar-refractivity contribution in [1.29, 1.82) is 0 Å². The first kappa shape index (κ1) is 24.6. The van der Waals surface area contributed by atoms with Gasteiger partial charge in [-0.15, -0.1) is 0 Å². The third kappa shape index (κ3) is 9.08. The summed E-state index contributed by atoms with van der Waals surface area (Å²) in [6.07, 6.45) is 3.90. The number of benzene rings is 1. The van der Waals surface area contributed by atoms with Crippen LogP contribution in [-0.2, 0) is 15.7 Å². The molecule has 160 valence electrons. The van der Waals surface area contributed by atoms with E-state index in [0.717, 1.165) is 12.1 Å². The zero-order valence-electron chi connectivity index (χ0n) is 16.3. The van der Waals surface area contributed by atoms with Crippen molar-refractivity contribution in [3.63, 3.8) is 0 Å². The van der Waals surface area contributed by atoms with E-state index in [4.69, 9.17) is 14.9 Å². The fourth-order valence-electron chi connectivity index (χ4n) is 2.28. The van der Waals surface area contributed by atoms with Crippen molar-refractivity contribution in [2.75, 3.05) is 26.9 Å². The number of hydrogen-bond donors (Lipinski definition) is 3. The molecule has 1 rings (SSSR count). The minimum atomic E-state index is -4.38. The first-order chi connectivity index (χ1) is 13.7. The van der Waals surface area contributed by atoms with Crippen molar-refractivity contribution in [3.8, 4) is 0 Å². The van der Waals surface area contributed by atoms with E-state index in [-0.39, 0.29) is 5.92 Å². The highest BCUT2D eigenvalue weighted by atomic mass is 19.4. The largest absolute Gasteiger partial charge is 0.416 e. The highest BCUT2D eigenvalue weighted by molar-refractivity contribution is 5.96. The Balaban J connectivity index is 2.93. The Kier molecular flexibility index (Phi) is 10.4. The second-order valence-corrected chi connectivity index (χ2v) is 6.35. The van der Waals surface area contributed by atoms with E-state index < -0.39 is 36.9 Å². The van der Waals surface area contributed by atoms with E-state index in [2.05, 4.69) is 5.32 Å². The van der Waals surface area contributed by atoms with Gasteiger partial charge in [0, 0.05) is 12.7 Å². The average Bonchev–Trinajstić information content (AvgIpc) is 2.69. The molecule has 1 atom stereocenters. The Bertz CT molecular complexity index is 720. The number of nitrogens with one attached hydrogen (secondary N) is 1. The number of amides is 1. The molecule has 0 radical (unpaired) electrons. The summed E-state index contributed by atoms with van der Waals surface area (Å²) >= 11 is 0. The number of aliphatic hydroxyl groups excluding tert-OH is 2. The molecule has 0 saturated carbocycles. The van der Waals surface area contributed by atoms with Gasteiger partial charge in [0.2, 0.25) is 0 Å². The summed E-state index contributed by atoms with van der Waals surface area (Å²) in [7, 11) is 1.51. The monoisotopic (exact) mass is 413 g/mol. The van der Waals surface area contributed by atoms with Crippen LogP contribution in [0.2, 0.25) is 0 Å². The lowest BCUT2D eigenvalue weighted by atomic mass is 10.0. The highest BCUT2D eigenvalue weighted by Gasteiger charge is 2.29. The number of rotatable bonds is 10. The number of halogens is 3. The van der Waals surface area contributed by atoms with E-state index in [1.807, 2.05) is 6.92 Å². The van der Waals surface area contributed by atoms with E-state index in [1.54, 1.807) is 30.4 Å². The van der Waals surface area contributed by atoms with Gasteiger partial charge in [0.15, 0.2) is 0 Å². The minimum Gasteiger partial charge on any atom is -0.394 e. The molecule has 0 fully saturated rings. The SMILES string of the molecule is COC/C=C\C(=C/C(C)/C=C/c1ccc(C(F)(F)F)cc1)C(=O)NC(CO)CO. The van der Waals surface area contributed by atoms with Crippen LogP contribution >= 0.6 is 0 Å². The lowest BCUT2D eigenvalue weighted by Crippen LogP contribution is -2.40. The van der Waals surface area contributed by atoms with Crippen LogP contribution in [0, 0.1) is 5.92 Å². The number of methoxy groups -OCH3 is 1. The summed E-state index contributed by atoms with van der Waals surface area (Å²) < 4.78 is 42.8. The van der Waals surface area contributed by atoms with Crippen LogP contribution < -0.4 is 5.32 Å². The van der Waals surface area contributed by atoms with Gasteiger partial charge in [-0.1, -0.05) is 49.4 Å². The van der Waals surface area contributed by atoms with Crippen molar-refractivity contribution >= 4 is 12.0 Å². The molecule has 0 aliphatic heterocycles. The second kappa shape index (κ2) is 12.2. The number of allylic oxidation sites excluding steroid dienone is 2. The van der Waals surface area contributed by atoms with Gasteiger partial charge >= 0.3 is 6.18 Å². The lowest BCUT2D eigenvalue weighted by Gasteiger charge is -2.14. The van der Waals surface area contributed by atoms with Crippen molar-refractivity contribution in [3.05, 3.63) is 65.3 Å². The van der Waals surface area contributed by atoms with Crippen molar-refractivity contribution in [2.45, 2.75) is 19.1 Å². The van der Waals surface area contributed by atoms with Gasteiger partial charge in [-0.05, 0) is 23.6 Å². The van der Waals surface area contributed by atoms with Crippen molar-refractivity contribution < 1.29 is 32.9 Å².